The molecule has 0 amide bonds. The van der Waals surface area contributed by atoms with Crippen molar-refractivity contribution in [3.05, 3.63) is 46.8 Å². The maximum Gasteiger partial charge on any atom is 0.344 e. The van der Waals surface area contributed by atoms with E-state index in [1.807, 2.05) is 6.92 Å². The van der Waals surface area contributed by atoms with Gasteiger partial charge in [0.2, 0.25) is 11.7 Å². The maximum absolute atomic E-state index is 11.4. The zero-order chi connectivity index (χ0) is 14.3. The molecule has 3 rings (SSSR count). The van der Waals surface area contributed by atoms with Gasteiger partial charge in [-0.15, -0.1) is 0 Å². The van der Waals surface area contributed by atoms with Gasteiger partial charge in [-0.1, -0.05) is 29.8 Å². The van der Waals surface area contributed by atoms with Crippen molar-refractivity contribution in [2.24, 2.45) is 0 Å². The predicted molar refractivity (Wildman–Crippen MR) is 71.1 cm³/mol. The average Bonchev–Trinajstić information content (AvgIpc) is 3.06. The number of carboxylic acid groups (broad SMARTS) is 1. The van der Waals surface area contributed by atoms with Crippen LogP contribution in [-0.4, -0.2) is 29.5 Å². The SMILES string of the molecule is Cc1ccc([C@@H]2C[C@H]2NC2=C(C(=O)O)C(=O)CO2)cc1. The number of aryl methyl sites for hydroxylation is 1. The molecule has 2 atom stereocenters. The number of ketones is 1. The minimum absolute atomic E-state index is 0.113. The van der Waals surface area contributed by atoms with Crippen LogP contribution in [0.4, 0.5) is 0 Å². The van der Waals surface area contributed by atoms with E-state index in [-0.39, 0.29) is 24.1 Å². The largest absolute Gasteiger partial charge is 0.477 e. The van der Waals surface area contributed by atoms with Crippen molar-refractivity contribution in [2.75, 3.05) is 6.61 Å². The molecule has 104 valence electrons. The van der Waals surface area contributed by atoms with E-state index in [1.54, 1.807) is 0 Å². The van der Waals surface area contributed by atoms with E-state index in [0.29, 0.717) is 5.92 Å². The second kappa shape index (κ2) is 4.67. The van der Waals surface area contributed by atoms with E-state index in [9.17, 15) is 9.59 Å². The van der Waals surface area contributed by atoms with E-state index >= 15 is 0 Å². The van der Waals surface area contributed by atoms with Crippen LogP contribution in [-0.2, 0) is 14.3 Å². The van der Waals surface area contributed by atoms with Crippen molar-refractivity contribution >= 4 is 11.8 Å². The molecule has 20 heavy (non-hydrogen) atoms. The van der Waals surface area contributed by atoms with E-state index in [4.69, 9.17) is 9.84 Å². The maximum atomic E-state index is 11.4. The van der Waals surface area contributed by atoms with Gasteiger partial charge in [0.1, 0.15) is 0 Å². The Morgan fingerprint density at radius 2 is 2.05 bits per heavy atom. The highest BCUT2D eigenvalue weighted by Crippen LogP contribution is 2.41. The summed E-state index contributed by atoms with van der Waals surface area (Å²) in [6.45, 7) is 1.85. The number of benzene rings is 1. The van der Waals surface area contributed by atoms with Crippen LogP contribution in [0.15, 0.2) is 35.7 Å². The Labute approximate surface area is 116 Å². The number of carbonyl (C=O) groups is 2. The highest BCUT2D eigenvalue weighted by atomic mass is 16.5. The van der Waals surface area contributed by atoms with E-state index in [1.165, 1.54) is 11.1 Å². The fourth-order valence-corrected chi connectivity index (χ4v) is 2.44. The highest BCUT2D eigenvalue weighted by Gasteiger charge is 2.41. The summed E-state index contributed by atoms with van der Waals surface area (Å²) in [5, 5.41) is 12.0. The van der Waals surface area contributed by atoms with Crippen LogP contribution in [0.1, 0.15) is 23.5 Å². The van der Waals surface area contributed by atoms with Crippen molar-refractivity contribution in [3.63, 3.8) is 0 Å². The molecule has 5 heteroatoms. The Morgan fingerprint density at radius 1 is 1.35 bits per heavy atom. The zero-order valence-electron chi connectivity index (χ0n) is 11.1. The number of Topliss-reactive ketones (excluding diaryl/α,β-unsaturated/α-hetero) is 1. The van der Waals surface area contributed by atoms with Crippen molar-refractivity contribution in [3.8, 4) is 0 Å². The number of ether oxygens (including phenoxy) is 1. The third-order valence-electron chi connectivity index (χ3n) is 3.68. The third-order valence-corrected chi connectivity index (χ3v) is 3.68. The lowest BCUT2D eigenvalue weighted by Crippen LogP contribution is -2.21. The molecule has 1 fully saturated rings. The Morgan fingerprint density at radius 3 is 2.70 bits per heavy atom. The first-order chi connectivity index (χ1) is 9.56. The van der Waals surface area contributed by atoms with Gasteiger partial charge < -0.3 is 15.2 Å². The molecule has 5 nitrogen and oxygen atoms in total. The summed E-state index contributed by atoms with van der Waals surface area (Å²) in [5.41, 5.74) is 2.16. The quantitative estimate of drug-likeness (QED) is 0.810. The molecule has 1 saturated carbocycles. The molecule has 2 N–H and O–H groups in total. The highest BCUT2D eigenvalue weighted by molar-refractivity contribution is 6.18. The molecule has 0 radical (unpaired) electrons. The number of carboxylic acids is 1. The number of rotatable bonds is 4. The van der Waals surface area contributed by atoms with Crippen molar-refractivity contribution in [1.82, 2.24) is 5.32 Å². The van der Waals surface area contributed by atoms with E-state index in [2.05, 4.69) is 29.6 Å². The van der Waals surface area contributed by atoms with E-state index < -0.39 is 11.8 Å². The van der Waals surface area contributed by atoms with Crippen LogP contribution in [0.3, 0.4) is 0 Å². The number of carbonyl (C=O) groups excluding carboxylic acids is 1. The molecule has 1 aromatic carbocycles. The molecule has 1 aliphatic heterocycles. The first-order valence-corrected chi connectivity index (χ1v) is 6.53. The van der Waals surface area contributed by atoms with Crippen molar-refractivity contribution < 1.29 is 19.4 Å². The Bertz CT molecular complexity index is 603. The molecule has 0 aromatic heterocycles. The van der Waals surface area contributed by atoms with Crippen LogP contribution < -0.4 is 5.32 Å². The lowest BCUT2D eigenvalue weighted by atomic mass is 10.1. The van der Waals surface area contributed by atoms with Gasteiger partial charge in [-0.2, -0.15) is 0 Å². The number of hydrogen-bond acceptors (Lipinski definition) is 4. The predicted octanol–water partition coefficient (Wildman–Crippen LogP) is 1.34. The molecule has 1 aliphatic carbocycles. The van der Waals surface area contributed by atoms with Gasteiger partial charge in [0.05, 0.1) is 0 Å². The molecule has 1 aromatic rings. The standard InChI is InChI=1S/C15H15NO4/c1-8-2-4-9(5-3-8)10-6-11(10)16-14-13(15(18)19)12(17)7-20-14/h2-5,10-11,16H,6-7H2,1H3,(H,18,19)/t10-,11+/m0/s1. The lowest BCUT2D eigenvalue weighted by Gasteiger charge is -2.07. The molecule has 0 unspecified atom stereocenters. The molecule has 2 aliphatic rings. The minimum atomic E-state index is -1.23. The molecule has 0 bridgehead atoms. The Kier molecular flexibility index (Phi) is 2.97. The van der Waals surface area contributed by atoms with Gasteiger partial charge in [0.25, 0.3) is 0 Å². The second-order valence-corrected chi connectivity index (χ2v) is 5.22. The molecule has 0 spiro atoms. The van der Waals surface area contributed by atoms with Gasteiger partial charge in [-0.3, -0.25) is 4.79 Å². The summed E-state index contributed by atoms with van der Waals surface area (Å²) in [5.74, 6) is -1.25. The van der Waals surface area contributed by atoms with E-state index in [0.717, 1.165) is 6.42 Å². The van der Waals surface area contributed by atoms with Crippen LogP contribution in [0.2, 0.25) is 0 Å². The van der Waals surface area contributed by atoms with Crippen LogP contribution in [0.25, 0.3) is 0 Å². The molecular formula is C15H15NO4. The minimum Gasteiger partial charge on any atom is -0.477 e. The van der Waals surface area contributed by atoms with Crippen molar-refractivity contribution in [1.29, 1.82) is 0 Å². The van der Waals surface area contributed by atoms with Gasteiger partial charge >= 0.3 is 5.97 Å². The lowest BCUT2D eigenvalue weighted by molar-refractivity contribution is -0.134. The Balaban J connectivity index is 1.70. The molecule has 0 saturated heterocycles. The summed E-state index contributed by atoms with van der Waals surface area (Å²) in [6.07, 6.45) is 0.914. The number of hydrogen-bond donors (Lipinski definition) is 2. The smallest absolute Gasteiger partial charge is 0.344 e. The summed E-state index contributed by atoms with van der Waals surface area (Å²) in [4.78, 5) is 22.4. The summed E-state index contributed by atoms with van der Waals surface area (Å²) >= 11 is 0. The fraction of sp³-hybridized carbons (Fsp3) is 0.333. The summed E-state index contributed by atoms with van der Waals surface area (Å²) < 4.78 is 5.13. The van der Waals surface area contributed by atoms with Gasteiger partial charge in [-0.25, -0.2) is 4.79 Å². The number of aliphatic carboxylic acids is 1. The van der Waals surface area contributed by atoms with Gasteiger partial charge in [-0.05, 0) is 18.9 Å². The molecule has 1 heterocycles. The first-order valence-electron chi connectivity index (χ1n) is 6.53. The first kappa shape index (κ1) is 12.7. The van der Waals surface area contributed by atoms with Crippen LogP contribution in [0.5, 0.6) is 0 Å². The molecular weight excluding hydrogens is 258 g/mol. The average molecular weight is 273 g/mol. The second-order valence-electron chi connectivity index (χ2n) is 5.22. The summed E-state index contributed by atoms with van der Waals surface area (Å²) in [7, 11) is 0. The van der Waals surface area contributed by atoms with Gasteiger partial charge in [0, 0.05) is 12.0 Å². The third kappa shape index (κ3) is 2.27. The zero-order valence-corrected chi connectivity index (χ0v) is 11.1. The topological polar surface area (TPSA) is 75.6 Å². The van der Waals surface area contributed by atoms with Crippen LogP contribution in [0, 0.1) is 6.92 Å². The fourth-order valence-electron chi connectivity index (χ4n) is 2.44. The van der Waals surface area contributed by atoms with Gasteiger partial charge in [0.15, 0.2) is 12.2 Å². The Hall–Kier alpha value is -2.30. The number of nitrogens with one attached hydrogen (secondary N) is 1. The summed E-state index contributed by atoms with van der Waals surface area (Å²) in [6, 6.07) is 8.40. The monoisotopic (exact) mass is 273 g/mol. The normalized spacial score (nSPS) is 24.6. The van der Waals surface area contributed by atoms with Crippen molar-refractivity contribution in [2.45, 2.75) is 25.3 Å². The van der Waals surface area contributed by atoms with Crippen LogP contribution >= 0.6 is 0 Å².